The van der Waals surface area contributed by atoms with Crippen LogP contribution in [0.25, 0.3) is 0 Å². The molecule has 0 N–H and O–H groups in total. The molecule has 0 radical (unpaired) electrons. The maximum absolute atomic E-state index is 5.23. The lowest BCUT2D eigenvalue weighted by atomic mass is 9.85. The van der Waals surface area contributed by atoms with Gasteiger partial charge in [0.25, 0.3) is 0 Å². The lowest BCUT2D eigenvalue weighted by Crippen LogP contribution is -2.15. The highest BCUT2D eigenvalue weighted by Gasteiger charge is 2.17. The second-order valence-corrected chi connectivity index (χ2v) is 4.68. The van der Waals surface area contributed by atoms with Crippen LogP contribution in [-0.2, 0) is 6.42 Å². The largest absolute Gasteiger partial charge is 0.495 e. The third-order valence-corrected chi connectivity index (χ3v) is 2.82. The van der Waals surface area contributed by atoms with E-state index in [2.05, 4.69) is 31.0 Å². The van der Waals surface area contributed by atoms with Gasteiger partial charge in [0.1, 0.15) is 11.4 Å². The molecule has 1 rings (SSSR count). The van der Waals surface area contributed by atoms with Crippen LogP contribution in [0.2, 0.25) is 0 Å². The van der Waals surface area contributed by atoms with Gasteiger partial charge in [-0.05, 0) is 18.8 Å². The zero-order valence-electron chi connectivity index (χ0n) is 10.3. The van der Waals surface area contributed by atoms with Crippen LogP contribution < -0.4 is 4.74 Å². The van der Waals surface area contributed by atoms with Crippen molar-refractivity contribution < 1.29 is 4.74 Å². The number of aromatic nitrogens is 2. The first-order valence-corrected chi connectivity index (χ1v) is 5.35. The molecule has 1 aromatic heterocycles. The molecule has 0 aromatic carbocycles. The normalized spacial score (nSPS) is 11.5. The molecule has 0 saturated heterocycles. The Labute approximate surface area is 91.9 Å². The molecule has 0 fully saturated rings. The van der Waals surface area contributed by atoms with Crippen molar-refractivity contribution in [3.05, 3.63) is 17.5 Å². The van der Waals surface area contributed by atoms with Crippen molar-refractivity contribution in [2.45, 2.75) is 40.5 Å². The number of rotatable bonds is 4. The number of hydrogen-bond acceptors (Lipinski definition) is 3. The predicted molar refractivity (Wildman–Crippen MR) is 61.1 cm³/mol. The van der Waals surface area contributed by atoms with E-state index in [0.717, 1.165) is 30.0 Å². The van der Waals surface area contributed by atoms with Gasteiger partial charge in [-0.15, -0.1) is 0 Å². The maximum atomic E-state index is 5.23. The van der Waals surface area contributed by atoms with Crippen LogP contribution in [0.4, 0.5) is 0 Å². The van der Waals surface area contributed by atoms with Crippen molar-refractivity contribution in [3.8, 4) is 5.75 Å². The minimum absolute atomic E-state index is 0.273. The topological polar surface area (TPSA) is 35.0 Å². The first-order chi connectivity index (χ1) is 6.98. The number of ether oxygens (including phenoxy) is 1. The molecule has 0 amide bonds. The first kappa shape index (κ1) is 12.0. The van der Waals surface area contributed by atoms with Gasteiger partial charge in [0.2, 0.25) is 0 Å². The second-order valence-electron chi connectivity index (χ2n) is 4.68. The molecule has 0 aliphatic rings. The van der Waals surface area contributed by atoms with Crippen LogP contribution in [0.15, 0.2) is 6.07 Å². The molecule has 1 heterocycles. The fourth-order valence-electron chi connectivity index (χ4n) is 1.38. The van der Waals surface area contributed by atoms with E-state index in [-0.39, 0.29) is 5.41 Å². The van der Waals surface area contributed by atoms with Crippen LogP contribution in [-0.4, -0.2) is 17.3 Å². The third-order valence-electron chi connectivity index (χ3n) is 2.82. The maximum Gasteiger partial charge on any atom is 0.143 e. The minimum Gasteiger partial charge on any atom is -0.495 e. The van der Waals surface area contributed by atoms with Gasteiger partial charge in [-0.3, -0.25) is 0 Å². The lowest BCUT2D eigenvalue weighted by molar-refractivity contribution is 0.342. The molecular weight excluding hydrogens is 188 g/mol. The van der Waals surface area contributed by atoms with Gasteiger partial charge in [-0.1, -0.05) is 27.2 Å². The van der Waals surface area contributed by atoms with Crippen LogP contribution in [0, 0.1) is 12.3 Å². The summed E-state index contributed by atoms with van der Waals surface area (Å²) in [4.78, 5) is 0. The number of methoxy groups -OCH3 is 1. The number of nitrogens with zero attached hydrogens (tertiary/aromatic N) is 2. The Hall–Kier alpha value is -1.12. The van der Waals surface area contributed by atoms with E-state index in [4.69, 9.17) is 4.74 Å². The van der Waals surface area contributed by atoms with Gasteiger partial charge in [-0.2, -0.15) is 10.2 Å². The predicted octanol–water partition coefficient (Wildman–Crippen LogP) is 2.77. The van der Waals surface area contributed by atoms with E-state index in [9.17, 15) is 0 Å². The van der Waals surface area contributed by atoms with Crippen LogP contribution in [0.1, 0.15) is 38.6 Å². The molecular formula is C12H20N2O. The molecule has 3 nitrogen and oxygen atoms in total. The summed E-state index contributed by atoms with van der Waals surface area (Å²) in [5.74, 6) is 0.826. The summed E-state index contributed by atoms with van der Waals surface area (Å²) in [5, 5.41) is 8.28. The van der Waals surface area contributed by atoms with Gasteiger partial charge in [0.05, 0.1) is 12.8 Å². The molecule has 0 atom stereocenters. The molecule has 0 unspecified atom stereocenters. The van der Waals surface area contributed by atoms with Gasteiger partial charge in [0.15, 0.2) is 0 Å². The van der Waals surface area contributed by atoms with Gasteiger partial charge in [-0.25, -0.2) is 0 Å². The molecule has 0 aliphatic carbocycles. The quantitative estimate of drug-likeness (QED) is 0.763. The Morgan fingerprint density at radius 3 is 2.53 bits per heavy atom. The van der Waals surface area contributed by atoms with E-state index in [1.165, 1.54) is 0 Å². The van der Waals surface area contributed by atoms with Gasteiger partial charge >= 0.3 is 0 Å². The van der Waals surface area contributed by atoms with Crippen molar-refractivity contribution >= 4 is 0 Å². The summed E-state index contributed by atoms with van der Waals surface area (Å²) in [6.45, 7) is 8.57. The van der Waals surface area contributed by atoms with E-state index < -0.39 is 0 Å². The van der Waals surface area contributed by atoms with Gasteiger partial charge < -0.3 is 4.74 Å². The Morgan fingerprint density at radius 1 is 1.33 bits per heavy atom. The van der Waals surface area contributed by atoms with Crippen LogP contribution in [0.5, 0.6) is 5.75 Å². The summed E-state index contributed by atoms with van der Waals surface area (Å²) in [5.41, 5.74) is 2.12. The van der Waals surface area contributed by atoms with Crippen molar-refractivity contribution in [1.29, 1.82) is 0 Å². The van der Waals surface area contributed by atoms with Crippen LogP contribution >= 0.6 is 0 Å². The zero-order chi connectivity index (χ0) is 11.5. The number of aryl methyl sites for hydroxylation is 1. The smallest absolute Gasteiger partial charge is 0.143 e. The minimum atomic E-state index is 0.273. The number of hydrogen-bond donors (Lipinski definition) is 0. The highest BCUT2D eigenvalue weighted by molar-refractivity contribution is 5.27. The molecule has 15 heavy (non-hydrogen) atoms. The van der Waals surface area contributed by atoms with Crippen molar-refractivity contribution in [1.82, 2.24) is 10.2 Å². The van der Waals surface area contributed by atoms with Crippen molar-refractivity contribution in [2.75, 3.05) is 7.11 Å². The summed E-state index contributed by atoms with van der Waals surface area (Å²) < 4.78 is 5.23. The molecule has 1 aromatic rings. The molecule has 0 bridgehead atoms. The molecule has 84 valence electrons. The van der Waals surface area contributed by atoms with E-state index in [0.29, 0.717) is 0 Å². The Bertz CT molecular complexity index is 334. The summed E-state index contributed by atoms with van der Waals surface area (Å²) in [7, 11) is 1.67. The van der Waals surface area contributed by atoms with E-state index >= 15 is 0 Å². The highest BCUT2D eigenvalue weighted by atomic mass is 16.5. The van der Waals surface area contributed by atoms with Gasteiger partial charge in [0, 0.05) is 6.07 Å². The summed E-state index contributed by atoms with van der Waals surface area (Å²) in [6, 6.07) is 1.99. The lowest BCUT2D eigenvalue weighted by Gasteiger charge is -2.21. The van der Waals surface area contributed by atoms with E-state index in [1.54, 1.807) is 7.11 Å². The van der Waals surface area contributed by atoms with Crippen LogP contribution in [0.3, 0.4) is 0 Å². The summed E-state index contributed by atoms with van der Waals surface area (Å²) >= 11 is 0. The molecule has 0 aliphatic heterocycles. The Kier molecular flexibility index (Phi) is 3.66. The molecule has 0 spiro atoms. The first-order valence-electron chi connectivity index (χ1n) is 5.35. The SMILES string of the molecule is CCC(C)(C)Cc1cc(OC)c(C)nn1. The van der Waals surface area contributed by atoms with Crippen molar-refractivity contribution in [3.63, 3.8) is 0 Å². The average molecular weight is 208 g/mol. The third kappa shape index (κ3) is 3.18. The fourth-order valence-corrected chi connectivity index (χ4v) is 1.38. The fraction of sp³-hybridized carbons (Fsp3) is 0.667. The average Bonchev–Trinajstić information content (AvgIpc) is 2.20. The Balaban J connectivity index is 2.87. The zero-order valence-corrected chi connectivity index (χ0v) is 10.3. The summed E-state index contributed by atoms with van der Waals surface area (Å²) in [6.07, 6.45) is 2.07. The monoisotopic (exact) mass is 208 g/mol. The van der Waals surface area contributed by atoms with E-state index in [1.807, 2.05) is 13.0 Å². The molecule has 0 saturated carbocycles. The standard InChI is InChI=1S/C12H20N2O/c1-6-12(3,4)8-10-7-11(15-5)9(2)13-14-10/h7H,6,8H2,1-5H3. The highest BCUT2D eigenvalue weighted by Crippen LogP contribution is 2.26. The Morgan fingerprint density at radius 2 is 2.00 bits per heavy atom. The second kappa shape index (κ2) is 4.60. The van der Waals surface area contributed by atoms with Crippen molar-refractivity contribution in [2.24, 2.45) is 5.41 Å². The molecule has 3 heteroatoms.